The van der Waals surface area contributed by atoms with Crippen molar-refractivity contribution < 1.29 is 18.7 Å². The van der Waals surface area contributed by atoms with Gasteiger partial charge in [0, 0.05) is 80.8 Å². The Bertz CT molecular complexity index is 1560. The fourth-order valence-electron chi connectivity index (χ4n) is 4.61. The second kappa shape index (κ2) is 18.0. The summed E-state index contributed by atoms with van der Waals surface area (Å²) in [7, 11) is 7.45. The summed E-state index contributed by atoms with van der Waals surface area (Å²) in [5.74, 6) is 1.59. The lowest BCUT2D eigenvalue weighted by atomic mass is 10.1. The Kier molecular flexibility index (Phi) is 13.5. The van der Waals surface area contributed by atoms with E-state index in [1.54, 1.807) is 21.6 Å². The summed E-state index contributed by atoms with van der Waals surface area (Å²) in [4.78, 5) is 26.9. The van der Waals surface area contributed by atoms with Crippen molar-refractivity contribution in [2.45, 2.75) is 19.5 Å². The maximum atomic E-state index is 12.5. The predicted octanol–water partition coefficient (Wildman–Crippen LogP) is 4.53. The van der Waals surface area contributed by atoms with Crippen molar-refractivity contribution >= 4 is 69.2 Å². The topological polar surface area (TPSA) is 94.3 Å². The van der Waals surface area contributed by atoms with Crippen LogP contribution in [0.2, 0.25) is 0 Å². The minimum Gasteiger partial charge on any atom is -0.399 e. The van der Waals surface area contributed by atoms with Crippen molar-refractivity contribution in [3.63, 3.8) is 0 Å². The monoisotopic (exact) mass is 656 g/mol. The first-order chi connectivity index (χ1) is 22.3. The summed E-state index contributed by atoms with van der Waals surface area (Å²) >= 11 is 0. The molecule has 46 heavy (non-hydrogen) atoms. The molecule has 2 heterocycles. The number of nitrogens with one attached hydrogen (secondary N) is 2. The fraction of sp³-hybridized carbons (Fsp3) is 0.278. The highest BCUT2D eigenvalue weighted by atomic mass is 33.1. The zero-order valence-corrected chi connectivity index (χ0v) is 28.4. The van der Waals surface area contributed by atoms with Crippen LogP contribution in [0.1, 0.15) is 23.6 Å². The average Bonchev–Trinajstić information content (AvgIpc) is 3.39. The van der Waals surface area contributed by atoms with E-state index in [4.69, 9.17) is 5.73 Å². The van der Waals surface area contributed by atoms with E-state index < -0.39 is 0 Å². The summed E-state index contributed by atoms with van der Waals surface area (Å²) in [6.07, 6.45) is 16.2. The molecule has 1 unspecified atom stereocenters. The van der Waals surface area contributed by atoms with Gasteiger partial charge in [0.25, 0.3) is 11.8 Å². The Labute approximate surface area is 280 Å². The predicted molar refractivity (Wildman–Crippen MR) is 196 cm³/mol. The number of aromatic nitrogens is 1. The number of amides is 2. The van der Waals surface area contributed by atoms with Crippen LogP contribution in [0.3, 0.4) is 0 Å². The van der Waals surface area contributed by atoms with Crippen LogP contribution in [0.25, 0.3) is 18.2 Å². The maximum absolute atomic E-state index is 12.5. The van der Waals surface area contributed by atoms with Crippen LogP contribution in [-0.2, 0) is 16.1 Å². The van der Waals surface area contributed by atoms with E-state index in [2.05, 4.69) is 77.1 Å². The van der Waals surface area contributed by atoms with E-state index in [1.807, 2.05) is 78.2 Å². The van der Waals surface area contributed by atoms with Crippen LogP contribution in [0.4, 0.5) is 11.4 Å². The number of anilines is 2. The van der Waals surface area contributed by atoms with Gasteiger partial charge in [-0.05, 0) is 41.0 Å². The van der Waals surface area contributed by atoms with E-state index in [9.17, 15) is 9.59 Å². The molecule has 240 valence electrons. The number of allylic oxidation sites excluding steroid dienone is 1. The minimum atomic E-state index is -0.0153. The normalized spacial score (nSPS) is 14.4. The average molecular weight is 657 g/mol. The Hall–Kier alpha value is -4.28. The van der Waals surface area contributed by atoms with E-state index in [-0.39, 0.29) is 24.4 Å². The molecule has 0 spiro atoms. The second-order valence-electron chi connectivity index (χ2n) is 11.1. The number of carbonyl (C=O) groups is 2. The number of pyridine rings is 1. The van der Waals surface area contributed by atoms with Crippen LogP contribution >= 0.6 is 21.6 Å². The smallest absolute Gasteiger partial charge is 0.286 e. The molecular formula is C36H44N6O2S2+2. The molecule has 0 aliphatic carbocycles. The number of hydrogen-bond donors (Lipinski definition) is 3. The molecule has 1 aliphatic rings. The Morgan fingerprint density at radius 2 is 1.30 bits per heavy atom. The third-order valence-electron chi connectivity index (χ3n) is 7.39. The number of rotatable bonds is 16. The van der Waals surface area contributed by atoms with Crippen molar-refractivity contribution in [1.29, 1.82) is 0 Å². The van der Waals surface area contributed by atoms with Crippen LogP contribution in [0, 0.1) is 0 Å². The zero-order chi connectivity index (χ0) is 32.7. The molecule has 4 N–H and O–H groups in total. The summed E-state index contributed by atoms with van der Waals surface area (Å²) in [6, 6.07) is 20.3. The molecule has 0 saturated carbocycles. The Morgan fingerprint density at radius 3 is 1.89 bits per heavy atom. The van der Waals surface area contributed by atoms with Crippen LogP contribution < -0.4 is 25.8 Å². The standard InChI is InChI=1S/C36H42N6O2S2/c1-28-32(11-6-30-7-12-33(37)13-8-30)18-23-42(28)27-36(44)39-20-25-46-45-24-19-38-35(43)26-41-21-16-31(17-22-41)5-4-29-9-14-34(15-10-29)40(2)3/h4-18,21-23,28,37H,19-20,24-27H2,1-3H3,(H-,38,39,43,44)/p+2. The molecule has 0 bridgehead atoms. The maximum Gasteiger partial charge on any atom is 0.286 e. The second-order valence-corrected chi connectivity index (χ2v) is 13.8. The van der Waals surface area contributed by atoms with Crippen molar-refractivity contribution in [1.82, 2.24) is 10.6 Å². The SMILES string of the molecule is CC1C(/C=C/c2ccc(N)cc2)=CC=[N+]1CC(=O)NCCSSCCNC(=O)C[n+]1ccc(/C=C/c2ccc(N(C)C)cc2)cc1. The van der Waals surface area contributed by atoms with Gasteiger partial charge in [-0.15, -0.1) is 0 Å². The first kappa shape index (κ1) is 34.6. The number of nitrogens with two attached hydrogens (primary N) is 1. The van der Waals surface area contributed by atoms with Gasteiger partial charge < -0.3 is 21.3 Å². The minimum absolute atomic E-state index is 0.00888. The van der Waals surface area contributed by atoms with Gasteiger partial charge in [0.1, 0.15) is 0 Å². The van der Waals surface area contributed by atoms with Gasteiger partial charge in [-0.2, -0.15) is 4.57 Å². The molecule has 1 aliphatic heterocycles. The summed E-state index contributed by atoms with van der Waals surface area (Å²) < 4.78 is 3.91. The van der Waals surface area contributed by atoms with Gasteiger partial charge in [0.2, 0.25) is 13.1 Å². The molecule has 2 aromatic carbocycles. The van der Waals surface area contributed by atoms with E-state index in [1.165, 1.54) is 5.69 Å². The Balaban J connectivity index is 1.02. The van der Waals surface area contributed by atoms with Gasteiger partial charge >= 0.3 is 0 Å². The van der Waals surface area contributed by atoms with E-state index >= 15 is 0 Å². The highest BCUT2D eigenvalue weighted by Crippen LogP contribution is 2.19. The lowest BCUT2D eigenvalue weighted by Crippen LogP contribution is -2.42. The lowest BCUT2D eigenvalue weighted by molar-refractivity contribution is -0.684. The Morgan fingerprint density at radius 1 is 0.783 bits per heavy atom. The molecule has 0 fully saturated rings. The molecule has 3 aromatic rings. The summed E-state index contributed by atoms with van der Waals surface area (Å²) in [5, 5.41) is 5.98. The number of hydrogen-bond acceptors (Lipinski definition) is 6. The highest BCUT2D eigenvalue weighted by Gasteiger charge is 2.25. The number of nitrogen functional groups attached to an aromatic ring is 1. The number of nitrogens with zero attached hydrogens (tertiary/aromatic N) is 3. The first-order valence-electron chi connectivity index (χ1n) is 15.3. The lowest BCUT2D eigenvalue weighted by Gasteiger charge is -2.11. The fourth-order valence-corrected chi connectivity index (χ4v) is 6.43. The molecule has 0 saturated heterocycles. The summed E-state index contributed by atoms with van der Waals surface area (Å²) in [5.41, 5.74) is 12.1. The van der Waals surface area contributed by atoms with Crippen molar-refractivity contribution in [2.75, 3.05) is 55.9 Å². The largest absolute Gasteiger partial charge is 0.399 e. The van der Waals surface area contributed by atoms with Crippen molar-refractivity contribution in [2.24, 2.45) is 0 Å². The molecule has 2 amide bonds. The quantitative estimate of drug-likeness (QED) is 0.0909. The van der Waals surface area contributed by atoms with Crippen LogP contribution in [0.15, 0.2) is 90.8 Å². The van der Waals surface area contributed by atoms with Crippen LogP contribution in [0.5, 0.6) is 0 Å². The zero-order valence-electron chi connectivity index (χ0n) is 26.8. The van der Waals surface area contributed by atoms with Gasteiger partial charge in [0.05, 0.1) is 0 Å². The van der Waals surface area contributed by atoms with Gasteiger partial charge in [-0.1, -0.05) is 70.2 Å². The van der Waals surface area contributed by atoms with Gasteiger partial charge in [-0.3, -0.25) is 9.59 Å². The van der Waals surface area contributed by atoms with E-state index in [0.29, 0.717) is 19.6 Å². The molecule has 1 atom stereocenters. The summed E-state index contributed by atoms with van der Waals surface area (Å²) in [6.45, 7) is 3.91. The number of carbonyl (C=O) groups excluding carboxylic acids is 2. The van der Waals surface area contributed by atoms with Crippen molar-refractivity contribution in [3.05, 3.63) is 107 Å². The molecule has 1 aromatic heterocycles. The number of benzene rings is 2. The molecule has 0 radical (unpaired) electrons. The molecule has 4 rings (SSSR count). The van der Waals surface area contributed by atoms with E-state index in [0.717, 1.165) is 39.5 Å². The highest BCUT2D eigenvalue weighted by molar-refractivity contribution is 8.76. The first-order valence-corrected chi connectivity index (χ1v) is 17.8. The third kappa shape index (κ3) is 11.6. The molecule has 10 heteroatoms. The van der Waals surface area contributed by atoms with Gasteiger partial charge in [-0.25, -0.2) is 4.58 Å². The van der Waals surface area contributed by atoms with Crippen LogP contribution in [-0.4, -0.2) is 73.9 Å². The molecule has 8 nitrogen and oxygen atoms in total. The molecular weight excluding hydrogens is 613 g/mol. The third-order valence-corrected chi connectivity index (χ3v) is 9.80. The van der Waals surface area contributed by atoms with Crippen molar-refractivity contribution in [3.8, 4) is 0 Å². The van der Waals surface area contributed by atoms with Gasteiger partial charge in [0.15, 0.2) is 24.7 Å².